The standard InChI is InChI=1S/C9H14N2O/c1-7-4-5-8(3-2-6-10)9(7)11-12/h7-8,12H,2-5H2,1H3. The molecule has 66 valence electrons. The molecule has 0 aliphatic heterocycles. The molecular formula is C9H14N2O. The summed E-state index contributed by atoms with van der Waals surface area (Å²) in [7, 11) is 0. The first kappa shape index (κ1) is 9.05. The van der Waals surface area contributed by atoms with E-state index in [0.29, 0.717) is 18.3 Å². The van der Waals surface area contributed by atoms with Gasteiger partial charge in [-0.1, -0.05) is 12.1 Å². The van der Waals surface area contributed by atoms with Crippen molar-refractivity contribution in [3.05, 3.63) is 0 Å². The van der Waals surface area contributed by atoms with E-state index in [0.717, 1.165) is 25.0 Å². The van der Waals surface area contributed by atoms with Crippen LogP contribution in [0.5, 0.6) is 0 Å². The van der Waals surface area contributed by atoms with E-state index in [4.69, 9.17) is 10.5 Å². The number of hydrogen-bond acceptors (Lipinski definition) is 3. The van der Waals surface area contributed by atoms with Crippen molar-refractivity contribution in [1.29, 1.82) is 5.26 Å². The molecule has 0 aromatic carbocycles. The van der Waals surface area contributed by atoms with Crippen molar-refractivity contribution >= 4 is 5.71 Å². The van der Waals surface area contributed by atoms with Gasteiger partial charge >= 0.3 is 0 Å². The molecular weight excluding hydrogens is 152 g/mol. The lowest BCUT2D eigenvalue weighted by Gasteiger charge is -2.08. The van der Waals surface area contributed by atoms with Crippen LogP contribution in [0.4, 0.5) is 0 Å². The van der Waals surface area contributed by atoms with Crippen LogP contribution in [0.15, 0.2) is 5.16 Å². The van der Waals surface area contributed by atoms with Crippen LogP contribution in [0, 0.1) is 23.2 Å². The fourth-order valence-corrected chi connectivity index (χ4v) is 1.86. The Morgan fingerprint density at radius 2 is 2.42 bits per heavy atom. The van der Waals surface area contributed by atoms with E-state index >= 15 is 0 Å². The second-order valence-corrected chi connectivity index (χ2v) is 3.40. The van der Waals surface area contributed by atoms with Crippen molar-refractivity contribution in [2.75, 3.05) is 0 Å². The molecule has 2 unspecified atom stereocenters. The highest BCUT2D eigenvalue weighted by atomic mass is 16.4. The van der Waals surface area contributed by atoms with Gasteiger partial charge in [0.15, 0.2) is 0 Å². The monoisotopic (exact) mass is 166 g/mol. The van der Waals surface area contributed by atoms with Gasteiger partial charge < -0.3 is 5.21 Å². The summed E-state index contributed by atoms with van der Waals surface area (Å²) < 4.78 is 0. The van der Waals surface area contributed by atoms with E-state index in [1.807, 2.05) is 0 Å². The predicted molar refractivity (Wildman–Crippen MR) is 46.0 cm³/mol. The van der Waals surface area contributed by atoms with Crippen molar-refractivity contribution < 1.29 is 5.21 Å². The minimum Gasteiger partial charge on any atom is -0.411 e. The van der Waals surface area contributed by atoms with Crippen molar-refractivity contribution in [3.8, 4) is 6.07 Å². The lowest BCUT2D eigenvalue weighted by atomic mass is 9.98. The molecule has 1 rings (SSSR count). The Morgan fingerprint density at radius 3 is 3.00 bits per heavy atom. The Kier molecular flexibility index (Phi) is 3.09. The normalized spacial score (nSPS) is 32.2. The zero-order chi connectivity index (χ0) is 8.97. The molecule has 0 aromatic heterocycles. The number of nitriles is 1. The molecule has 0 saturated heterocycles. The summed E-state index contributed by atoms with van der Waals surface area (Å²) in [4.78, 5) is 0. The Hall–Kier alpha value is -1.04. The Bertz CT molecular complexity index is 217. The number of nitrogens with zero attached hydrogens (tertiary/aromatic N) is 2. The average molecular weight is 166 g/mol. The summed E-state index contributed by atoms with van der Waals surface area (Å²) in [6.07, 6.45) is 3.58. The van der Waals surface area contributed by atoms with Crippen LogP contribution in [-0.4, -0.2) is 10.9 Å². The van der Waals surface area contributed by atoms with Crippen molar-refractivity contribution in [2.45, 2.75) is 32.6 Å². The molecule has 0 spiro atoms. The maximum Gasteiger partial charge on any atom is 0.0630 e. The summed E-state index contributed by atoms with van der Waals surface area (Å²) in [5.74, 6) is 0.753. The van der Waals surface area contributed by atoms with Gasteiger partial charge in [0.25, 0.3) is 0 Å². The maximum absolute atomic E-state index is 8.71. The molecule has 0 aromatic rings. The van der Waals surface area contributed by atoms with Gasteiger partial charge in [0.1, 0.15) is 0 Å². The highest BCUT2D eigenvalue weighted by Crippen LogP contribution is 2.30. The van der Waals surface area contributed by atoms with Gasteiger partial charge in [0, 0.05) is 12.3 Å². The molecule has 1 aliphatic carbocycles. The number of hydrogen-bond donors (Lipinski definition) is 1. The molecule has 0 radical (unpaired) electrons. The molecule has 0 heterocycles. The first-order chi connectivity index (χ1) is 5.79. The molecule has 3 nitrogen and oxygen atoms in total. The largest absolute Gasteiger partial charge is 0.411 e. The topological polar surface area (TPSA) is 56.4 Å². The third-order valence-corrected chi connectivity index (χ3v) is 2.59. The lowest BCUT2D eigenvalue weighted by Crippen LogP contribution is -2.12. The first-order valence-electron chi connectivity index (χ1n) is 4.38. The van der Waals surface area contributed by atoms with Crippen molar-refractivity contribution in [1.82, 2.24) is 0 Å². The molecule has 0 amide bonds. The Labute approximate surface area is 72.7 Å². The third kappa shape index (κ3) is 1.76. The molecule has 1 fully saturated rings. The number of rotatable bonds is 2. The van der Waals surface area contributed by atoms with Gasteiger partial charge in [-0.25, -0.2) is 0 Å². The van der Waals surface area contributed by atoms with E-state index in [2.05, 4.69) is 18.1 Å². The molecule has 2 atom stereocenters. The van der Waals surface area contributed by atoms with Crippen LogP contribution in [0.3, 0.4) is 0 Å². The quantitative estimate of drug-likeness (QED) is 0.505. The fourth-order valence-electron chi connectivity index (χ4n) is 1.86. The highest BCUT2D eigenvalue weighted by Gasteiger charge is 2.28. The van der Waals surface area contributed by atoms with E-state index in [-0.39, 0.29) is 0 Å². The van der Waals surface area contributed by atoms with Crippen LogP contribution >= 0.6 is 0 Å². The summed E-state index contributed by atoms with van der Waals surface area (Å²) in [5, 5.41) is 20.4. The smallest absolute Gasteiger partial charge is 0.0630 e. The zero-order valence-electron chi connectivity index (χ0n) is 7.32. The lowest BCUT2D eigenvalue weighted by molar-refractivity contribution is 0.313. The van der Waals surface area contributed by atoms with Gasteiger partial charge in [0.05, 0.1) is 11.8 Å². The summed E-state index contributed by atoms with van der Waals surface area (Å²) in [6, 6.07) is 2.12. The Morgan fingerprint density at radius 1 is 1.67 bits per heavy atom. The molecule has 1 aliphatic rings. The second kappa shape index (κ2) is 4.10. The van der Waals surface area contributed by atoms with Crippen molar-refractivity contribution in [2.24, 2.45) is 17.0 Å². The summed E-state index contributed by atoms with van der Waals surface area (Å²) in [5.41, 5.74) is 0.894. The van der Waals surface area contributed by atoms with Gasteiger partial charge in [-0.3, -0.25) is 0 Å². The average Bonchev–Trinajstić information content (AvgIpc) is 2.43. The maximum atomic E-state index is 8.71. The molecule has 3 heteroatoms. The van der Waals surface area contributed by atoms with Crippen LogP contribution < -0.4 is 0 Å². The summed E-state index contributed by atoms with van der Waals surface area (Å²) in [6.45, 7) is 2.07. The summed E-state index contributed by atoms with van der Waals surface area (Å²) >= 11 is 0. The molecule has 1 saturated carbocycles. The van der Waals surface area contributed by atoms with Gasteiger partial charge in [-0.05, 0) is 25.2 Å². The van der Waals surface area contributed by atoms with E-state index in [1.165, 1.54) is 0 Å². The van der Waals surface area contributed by atoms with Crippen LogP contribution in [-0.2, 0) is 0 Å². The Balaban J connectivity index is 2.51. The minimum atomic E-state index is 0.352. The van der Waals surface area contributed by atoms with E-state index < -0.39 is 0 Å². The number of oxime groups is 1. The van der Waals surface area contributed by atoms with Gasteiger partial charge in [0.2, 0.25) is 0 Å². The zero-order valence-corrected chi connectivity index (χ0v) is 7.32. The van der Waals surface area contributed by atoms with Crippen LogP contribution in [0.2, 0.25) is 0 Å². The van der Waals surface area contributed by atoms with Crippen molar-refractivity contribution in [3.63, 3.8) is 0 Å². The highest BCUT2D eigenvalue weighted by molar-refractivity contribution is 5.89. The molecule has 1 N–H and O–H groups in total. The SMILES string of the molecule is CC1CCC(CCC#N)C1=NO. The predicted octanol–water partition coefficient (Wildman–Crippen LogP) is 2.17. The van der Waals surface area contributed by atoms with Crippen LogP contribution in [0.25, 0.3) is 0 Å². The third-order valence-electron chi connectivity index (χ3n) is 2.59. The van der Waals surface area contributed by atoms with Gasteiger partial charge in [-0.2, -0.15) is 5.26 Å². The fraction of sp³-hybridized carbons (Fsp3) is 0.778. The van der Waals surface area contributed by atoms with E-state index in [1.54, 1.807) is 0 Å². The van der Waals surface area contributed by atoms with E-state index in [9.17, 15) is 0 Å². The molecule has 0 bridgehead atoms. The van der Waals surface area contributed by atoms with Crippen LogP contribution in [0.1, 0.15) is 32.6 Å². The first-order valence-corrected chi connectivity index (χ1v) is 4.38. The van der Waals surface area contributed by atoms with Gasteiger partial charge in [-0.15, -0.1) is 0 Å². The molecule has 12 heavy (non-hydrogen) atoms. The minimum absolute atomic E-state index is 0.352. The second-order valence-electron chi connectivity index (χ2n) is 3.40.